The van der Waals surface area contributed by atoms with Crippen LogP contribution >= 0.6 is 15.9 Å². The number of hydrogen-bond acceptors (Lipinski definition) is 1. The lowest BCUT2D eigenvalue weighted by Gasteiger charge is -2.01. The summed E-state index contributed by atoms with van der Waals surface area (Å²) in [6, 6.07) is 7.22. The lowest BCUT2D eigenvalue weighted by molar-refractivity contribution is 0.152. The number of hydrogen-bond donors (Lipinski definition) is 0. The fraction of sp³-hybridized carbons (Fsp3) is 0.250. The lowest BCUT2D eigenvalue weighted by Crippen LogP contribution is -1.93. The molecule has 2 nitrogen and oxygen atoms in total. The van der Waals surface area contributed by atoms with Crippen LogP contribution in [0.25, 0.3) is 11.3 Å². The van der Waals surface area contributed by atoms with E-state index in [-0.39, 0.29) is 5.56 Å². The van der Waals surface area contributed by atoms with E-state index in [4.69, 9.17) is 0 Å². The van der Waals surface area contributed by atoms with E-state index in [1.165, 1.54) is 10.9 Å². The van der Waals surface area contributed by atoms with Crippen LogP contribution in [0.15, 0.2) is 34.9 Å². The number of aromatic nitrogens is 2. The predicted octanol–water partition coefficient (Wildman–Crippen LogP) is 4.27. The van der Waals surface area contributed by atoms with Gasteiger partial charge in [-0.15, -0.1) is 0 Å². The molecule has 0 amide bonds. The van der Waals surface area contributed by atoms with Crippen LogP contribution in [-0.2, 0) is 6.54 Å². The third-order valence-corrected chi connectivity index (χ3v) is 2.94. The Morgan fingerprint density at radius 3 is 2.76 bits per heavy atom. The van der Waals surface area contributed by atoms with Crippen LogP contribution < -0.4 is 0 Å². The predicted molar refractivity (Wildman–Crippen MR) is 66.0 cm³/mol. The molecule has 0 saturated heterocycles. The molecule has 0 saturated carbocycles. The number of benzene rings is 1. The molecule has 90 valence electrons. The second-order valence-corrected chi connectivity index (χ2v) is 4.52. The maximum Gasteiger partial charge on any atom is 0.267 e. The Morgan fingerprint density at radius 2 is 2.18 bits per heavy atom. The van der Waals surface area contributed by atoms with Gasteiger partial charge in [-0.3, -0.25) is 4.68 Å². The average Bonchev–Trinajstić information content (AvgIpc) is 2.73. The number of aryl methyl sites for hydroxylation is 1. The van der Waals surface area contributed by atoms with Crippen LogP contribution in [0.2, 0.25) is 0 Å². The van der Waals surface area contributed by atoms with E-state index in [9.17, 15) is 8.78 Å². The zero-order chi connectivity index (χ0) is 12.4. The molecule has 1 aromatic carbocycles. The molecule has 2 aromatic rings. The topological polar surface area (TPSA) is 17.8 Å². The molecule has 0 aliphatic rings. The minimum atomic E-state index is -2.51. The summed E-state index contributed by atoms with van der Waals surface area (Å²) in [7, 11) is 0. The highest BCUT2D eigenvalue weighted by Crippen LogP contribution is 2.31. The molecule has 1 aromatic heterocycles. The van der Waals surface area contributed by atoms with Gasteiger partial charge < -0.3 is 0 Å². The van der Waals surface area contributed by atoms with Crippen LogP contribution in [0, 0.1) is 0 Å². The Balaban J connectivity index is 2.53. The lowest BCUT2D eigenvalue weighted by atomic mass is 10.1. The second-order valence-electron chi connectivity index (χ2n) is 3.60. The Hall–Kier alpha value is -1.23. The third kappa shape index (κ3) is 2.54. The van der Waals surface area contributed by atoms with Crippen molar-refractivity contribution in [2.24, 2.45) is 0 Å². The van der Waals surface area contributed by atoms with Gasteiger partial charge in [-0.1, -0.05) is 28.1 Å². The number of nitrogens with zero attached hydrogens (tertiary/aromatic N) is 2. The van der Waals surface area contributed by atoms with Crippen LogP contribution in [0.1, 0.15) is 18.9 Å². The van der Waals surface area contributed by atoms with Crippen molar-refractivity contribution in [3.8, 4) is 11.3 Å². The van der Waals surface area contributed by atoms with Gasteiger partial charge in [0.15, 0.2) is 0 Å². The van der Waals surface area contributed by atoms with Gasteiger partial charge in [-0.25, -0.2) is 8.78 Å². The normalized spacial score (nSPS) is 11.1. The van der Waals surface area contributed by atoms with Crippen molar-refractivity contribution in [2.45, 2.75) is 19.9 Å². The molecule has 0 N–H and O–H groups in total. The molecule has 0 aliphatic heterocycles. The molecule has 2 rings (SSSR count). The molecule has 0 unspecified atom stereocenters. The third-order valence-electron chi connectivity index (χ3n) is 2.45. The minimum absolute atomic E-state index is 0.0232. The zero-order valence-electron chi connectivity index (χ0n) is 9.20. The molecule has 1 heterocycles. The molecule has 0 atom stereocenters. The minimum Gasteiger partial charge on any atom is -0.272 e. The molecule has 0 spiro atoms. The fourth-order valence-corrected chi connectivity index (χ4v) is 2.02. The van der Waals surface area contributed by atoms with Crippen molar-refractivity contribution in [2.75, 3.05) is 0 Å². The van der Waals surface area contributed by atoms with Gasteiger partial charge >= 0.3 is 0 Å². The maximum atomic E-state index is 12.9. The molecule has 5 heteroatoms. The molecule has 17 heavy (non-hydrogen) atoms. The van der Waals surface area contributed by atoms with E-state index in [0.717, 1.165) is 4.47 Å². The summed E-state index contributed by atoms with van der Waals surface area (Å²) in [4.78, 5) is 0. The molecule has 0 radical (unpaired) electrons. The molecule has 0 bridgehead atoms. The summed E-state index contributed by atoms with van der Waals surface area (Å²) < 4.78 is 28.2. The SMILES string of the molecule is CCn1cc(C(F)F)c(-c2cccc(Br)c2)n1. The highest BCUT2D eigenvalue weighted by atomic mass is 79.9. The Morgan fingerprint density at radius 1 is 1.41 bits per heavy atom. The number of rotatable bonds is 3. The van der Waals surface area contributed by atoms with Gasteiger partial charge in [-0.05, 0) is 19.1 Å². The van der Waals surface area contributed by atoms with E-state index >= 15 is 0 Å². The van der Waals surface area contributed by atoms with E-state index in [1.54, 1.807) is 18.2 Å². The van der Waals surface area contributed by atoms with Crippen molar-refractivity contribution in [3.63, 3.8) is 0 Å². The van der Waals surface area contributed by atoms with Crippen molar-refractivity contribution in [1.29, 1.82) is 0 Å². The number of alkyl halides is 2. The smallest absolute Gasteiger partial charge is 0.267 e. The van der Waals surface area contributed by atoms with Gasteiger partial charge in [0.05, 0.1) is 5.56 Å². The van der Waals surface area contributed by atoms with Crippen LogP contribution in [-0.4, -0.2) is 9.78 Å². The summed E-state index contributed by atoms with van der Waals surface area (Å²) in [5.41, 5.74) is 1.02. The molecular formula is C12H11BrF2N2. The van der Waals surface area contributed by atoms with Crippen molar-refractivity contribution < 1.29 is 8.78 Å². The largest absolute Gasteiger partial charge is 0.272 e. The van der Waals surface area contributed by atoms with Crippen molar-refractivity contribution in [3.05, 3.63) is 40.5 Å². The van der Waals surface area contributed by atoms with E-state index in [1.807, 2.05) is 13.0 Å². The summed E-state index contributed by atoms with van der Waals surface area (Å²) >= 11 is 3.32. The van der Waals surface area contributed by atoms with Crippen LogP contribution in [0.3, 0.4) is 0 Å². The first-order chi connectivity index (χ1) is 8.11. The Kier molecular flexibility index (Phi) is 3.57. The van der Waals surface area contributed by atoms with Gasteiger partial charge in [0.25, 0.3) is 6.43 Å². The standard InChI is InChI=1S/C12H11BrF2N2/c1-2-17-7-10(12(14)15)11(16-17)8-4-3-5-9(13)6-8/h3-7,12H,2H2,1H3. The van der Waals surface area contributed by atoms with Crippen LogP contribution in [0.5, 0.6) is 0 Å². The molecule has 0 fully saturated rings. The van der Waals surface area contributed by atoms with Crippen LogP contribution in [0.4, 0.5) is 8.78 Å². The first-order valence-corrected chi connectivity index (χ1v) is 6.02. The number of halogens is 3. The van der Waals surface area contributed by atoms with Gasteiger partial charge in [-0.2, -0.15) is 5.10 Å². The second kappa shape index (κ2) is 4.96. The summed E-state index contributed by atoms with van der Waals surface area (Å²) in [6.07, 6.45) is -1.11. The first-order valence-electron chi connectivity index (χ1n) is 5.23. The molecular weight excluding hydrogens is 290 g/mol. The summed E-state index contributed by atoms with van der Waals surface area (Å²) in [5.74, 6) is 0. The van der Waals surface area contributed by atoms with E-state index in [2.05, 4.69) is 21.0 Å². The maximum absolute atomic E-state index is 12.9. The average molecular weight is 301 g/mol. The quantitative estimate of drug-likeness (QED) is 0.828. The summed E-state index contributed by atoms with van der Waals surface area (Å²) in [5, 5.41) is 4.18. The van der Waals surface area contributed by atoms with E-state index < -0.39 is 6.43 Å². The Bertz CT molecular complexity index is 523. The molecule has 0 aliphatic carbocycles. The van der Waals surface area contributed by atoms with E-state index in [0.29, 0.717) is 17.8 Å². The first kappa shape index (κ1) is 12.2. The van der Waals surface area contributed by atoms with Crippen molar-refractivity contribution in [1.82, 2.24) is 9.78 Å². The van der Waals surface area contributed by atoms with Crippen molar-refractivity contribution >= 4 is 15.9 Å². The van der Waals surface area contributed by atoms with Gasteiger partial charge in [0.2, 0.25) is 0 Å². The monoisotopic (exact) mass is 300 g/mol. The highest BCUT2D eigenvalue weighted by molar-refractivity contribution is 9.10. The summed E-state index contributed by atoms with van der Waals surface area (Å²) in [6.45, 7) is 2.45. The van der Waals surface area contributed by atoms with Gasteiger partial charge in [0.1, 0.15) is 5.69 Å². The Labute approximate surface area is 106 Å². The highest BCUT2D eigenvalue weighted by Gasteiger charge is 2.18. The fourth-order valence-electron chi connectivity index (χ4n) is 1.62. The van der Waals surface area contributed by atoms with Gasteiger partial charge in [0, 0.05) is 22.8 Å². The zero-order valence-corrected chi connectivity index (χ0v) is 10.8.